The van der Waals surface area contributed by atoms with Crippen molar-refractivity contribution in [1.29, 1.82) is 0 Å². The number of nitrogens with one attached hydrogen (secondary N) is 2. The van der Waals surface area contributed by atoms with Gasteiger partial charge in [0.25, 0.3) is 0 Å². The fourth-order valence-electron chi connectivity index (χ4n) is 2.02. The predicted octanol–water partition coefficient (Wildman–Crippen LogP) is 2.51. The molecule has 1 aromatic rings. The molecule has 0 bridgehead atoms. The molecular weight excluding hydrogens is 200 g/mol. The highest BCUT2D eigenvalue weighted by atomic mass is 15.1. The molecule has 0 saturated heterocycles. The smallest absolute Gasteiger partial charge is 0.131 e. The minimum atomic E-state index is 0.629. The van der Waals surface area contributed by atoms with Gasteiger partial charge in [-0.25, -0.2) is 9.97 Å². The highest BCUT2D eigenvalue weighted by Gasteiger charge is 2.36. The third kappa shape index (κ3) is 2.84. The van der Waals surface area contributed by atoms with Gasteiger partial charge in [0.2, 0.25) is 0 Å². The number of hydrogen-bond donors (Lipinski definition) is 2. The quantitative estimate of drug-likeness (QED) is 0.773. The zero-order chi connectivity index (χ0) is 11.4. The summed E-state index contributed by atoms with van der Waals surface area (Å²) in [5.41, 5.74) is 0. The van der Waals surface area contributed by atoms with Crippen molar-refractivity contribution in [3.8, 4) is 0 Å². The third-order valence-electron chi connectivity index (χ3n) is 2.94. The summed E-state index contributed by atoms with van der Waals surface area (Å²) in [7, 11) is 0. The van der Waals surface area contributed by atoms with Crippen LogP contribution in [0.15, 0.2) is 12.4 Å². The average Bonchev–Trinajstić information content (AvgIpc) is 2.98. The zero-order valence-corrected chi connectivity index (χ0v) is 10.0. The maximum atomic E-state index is 4.23. The summed E-state index contributed by atoms with van der Waals surface area (Å²) in [5.74, 6) is 2.68. The van der Waals surface area contributed by atoms with E-state index in [1.54, 1.807) is 6.33 Å². The Balaban J connectivity index is 1.87. The van der Waals surface area contributed by atoms with Crippen molar-refractivity contribution in [2.75, 3.05) is 17.2 Å². The van der Waals surface area contributed by atoms with Gasteiger partial charge in [-0.15, -0.1) is 0 Å². The van der Waals surface area contributed by atoms with Gasteiger partial charge < -0.3 is 10.6 Å². The SMILES string of the molecule is CCCC1CC1Nc1cc(NCC)ncn1. The Bertz CT molecular complexity index is 340. The molecule has 2 unspecified atom stereocenters. The van der Waals surface area contributed by atoms with E-state index in [0.29, 0.717) is 6.04 Å². The van der Waals surface area contributed by atoms with E-state index in [-0.39, 0.29) is 0 Å². The van der Waals surface area contributed by atoms with Gasteiger partial charge in [0.05, 0.1) is 0 Å². The molecule has 0 amide bonds. The maximum Gasteiger partial charge on any atom is 0.131 e. The van der Waals surface area contributed by atoms with Crippen molar-refractivity contribution >= 4 is 11.6 Å². The van der Waals surface area contributed by atoms with Gasteiger partial charge in [-0.2, -0.15) is 0 Å². The average molecular weight is 220 g/mol. The topological polar surface area (TPSA) is 49.8 Å². The van der Waals surface area contributed by atoms with Gasteiger partial charge in [-0.3, -0.25) is 0 Å². The van der Waals surface area contributed by atoms with Gasteiger partial charge in [-0.1, -0.05) is 13.3 Å². The Morgan fingerprint density at radius 1 is 1.31 bits per heavy atom. The highest BCUT2D eigenvalue weighted by molar-refractivity contribution is 5.47. The van der Waals surface area contributed by atoms with Crippen molar-refractivity contribution in [3.63, 3.8) is 0 Å². The van der Waals surface area contributed by atoms with E-state index >= 15 is 0 Å². The first-order valence-corrected chi connectivity index (χ1v) is 6.16. The first-order valence-electron chi connectivity index (χ1n) is 6.16. The molecule has 1 saturated carbocycles. The molecule has 4 heteroatoms. The van der Waals surface area contributed by atoms with E-state index < -0.39 is 0 Å². The lowest BCUT2D eigenvalue weighted by Gasteiger charge is -2.06. The van der Waals surface area contributed by atoms with Crippen LogP contribution in [-0.4, -0.2) is 22.6 Å². The molecule has 2 rings (SSSR count). The van der Waals surface area contributed by atoms with Crippen LogP contribution in [0, 0.1) is 5.92 Å². The van der Waals surface area contributed by atoms with E-state index in [9.17, 15) is 0 Å². The standard InChI is InChI=1S/C12H20N4/c1-3-5-9-6-10(9)16-12-7-11(13-4-2)14-8-15-12/h7-10H,3-6H2,1-2H3,(H2,13,14,15,16). The molecule has 1 aromatic heterocycles. The van der Waals surface area contributed by atoms with Crippen LogP contribution in [0.1, 0.15) is 33.1 Å². The van der Waals surface area contributed by atoms with Crippen molar-refractivity contribution < 1.29 is 0 Å². The largest absolute Gasteiger partial charge is 0.370 e. The molecule has 1 aliphatic carbocycles. The van der Waals surface area contributed by atoms with Crippen molar-refractivity contribution in [3.05, 3.63) is 12.4 Å². The van der Waals surface area contributed by atoms with Crippen LogP contribution in [0.5, 0.6) is 0 Å². The Kier molecular flexibility index (Phi) is 3.59. The lowest BCUT2D eigenvalue weighted by Crippen LogP contribution is -2.08. The second kappa shape index (κ2) is 5.14. The molecule has 1 aliphatic rings. The number of nitrogens with zero attached hydrogens (tertiary/aromatic N) is 2. The summed E-state index contributed by atoms with van der Waals surface area (Å²) in [6.07, 6.45) is 5.49. The fraction of sp³-hybridized carbons (Fsp3) is 0.667. The van der Waals surface area contributed by atoms with E-state index in [4.69, 9.17) is 0 Å². The normalized spacial score (nSPS) is 22.9. The maximum absolute atomic E-state index is 4.23. The molecule has 0 radical (unpaired) electrons. The van der Waals surface area contributed by atoms with E-state index in [0.717, 1.165) is 24.1 Å². The van der Waals surface area contributed by atoms with Gasteiger partial charge in [0.15, 0.2) is 0 Å². The lowest BCUT2D eigenvalue weighted by molar-refractivity contribution is 0.692. The molecule has 88 valence electrons. The van der Waals surface area contributed by atoms with E-state index in [1.165, 1.54) is 19.3 Å². The van der Waals surface area contributed by atoms with Crippen LogP contribution in [0.3, 0.4) is 0 Å². The Morgan fingerprint density at radius 2 is 2.12 bits per heavy atom. The van der Waals surface area contributed by atoms with Gasteiger partial charge >= 0.3 is 0 Å². The number of anilines is 2. The van der Waals surface area contributed by atoms with Crippen molar-refractivity contribution in [2.45, 2.75) is 39.2 Å². The van der Waals surface area contributed by atoms with Gasteiger partial charge in [0, 0.05) is 18.7 Å². The lowest BCUT2D eigenvalue weighted by atomic mass is 10.2. The second-order valence-electron chi connectivity index (χ2n) is 4.35. The Labute approximate surface area is 96.9 Å². The first kappa shape index (κ1) is 11.2. The predicted molar refractivity (Wildman–Crippen MR) is 66.6 cm³/mol. The molecular formula is C12H20N4. The molecule has 1 heterocycles. The second-order valence-corrected chi connectivity index (χ2v) is 4.35. The molecule has 16 heavy (non-hydrogen) atoms. The van der Waals surface area contributed by atoms with Gasteiger partial charge in [-0.05, 0) is 25.7 Å². The van der Waals surface area contributed by atoms with E-state index in [1.807, 2.05) is 6.07 Å². The van der Waals surface area contributed by atoms with Crippen LogP contribution in [0.4, 0.5) is 11.6 Å². The summed E-state index contributed by atoms with van der Waals surface area (Å²) in [6, 6.07) is 2.61. The molecule has 2 N–H and O–H groups in total. The highest BCUT2D eigenvalue weighted by Crippen LogP contribution is 2.36. The molecule has 1 fully saturated rings. The molecule has 0 spiro atoms. The number of aromatic nitrogens is 2. The van der Waals surface area contributed by atoms with Crippen molar-refractivity contribution in [1.82, 2.24) is 9.97 Å². The Hall–Kier alpha value is -1.32. The van der Waals surface area contributed by atoms with Crippen LogP contribution in [0.2, 0.25) is 0 Å². The first-order chi connectivity index (χ1) is 7.83. The van der Waals surface area contributed by atoms with Crippen LogP contribution < -0.4 is 10.6 Å². The van der Waals surface area contributed by atoms with Crippen LogP contribution >= 0.6 is 0 Å². The summed E-state index contributed by atoms with van der Waals surface area (Å²) < 4.78 is 0. The monoisotopic (exact) mass is 220 g/mol. The van der Waals surface area contributed by atoms with E-state index in [2.05, 4.69) is 34.4 Å². The molecule has 0 aliphatic heterocycles. The molecule has 0 aromatic carbocycles. The summed E-state index contributed by atoms with van der Waals surface area (Å²) in [5, 5.41) is 6.65. The third-order valence-corrected chi connectivity index (χ3v) is 2.94. The molecule has 4 nitrogen and oxygen atoms in total. The minimum absolute atomic E-state index is 0.629. The van der Waals surface area contributed by atoms with Crippen LogP contribution in [-0.2, 0) is 0 Å². The summed E-state index contributed by atoms with van der Waals surface area (Å²) in [4.78, 5) is 8.38. The Morgan fingerprint density at radius 3 is 2.88 bits per heavy atom. The molecule has 2 atom stereocenters. The number of rotatable bonds is 6. The van der Waals surface area contributed by atoms with Crippen molar-refractivity contribution in [2.24, 2.45) is 5.92 Å². The summed E-state index contributed by atoms with van der Waals surface area (Å²) in [6.45, 7) is 5.19. The van der Waals surface area contributed by atoms with Gasteiger partial charge in [0.1, 0.15) is 18.0 Å². The van der Waals surface area contributed by atoms with Crippen LogP contribution in [0.25, 0.3) is 0 Å². The number of hydrogen-bond acceptors (Lipinski definition) is 4. The fourth-order valence-corrected chi connectivity index (χ4v) is 2.02. The minimum Gasteiger partial charge on any atom is -0.370 e. The summed E-state index contributed by atoms with van der Waals surface area (Å²) >= 11 is 0. The zero-order valence-electron chi connectivity index (χ0n) is 10.0.